The molecule has 0 aliphatic rings. The van der Waals surface area contributed by atoms with Crippen LogP contribution in [0.4, 0.5) is 4.39 Å². The zero-order chi connectivity index (χ0) is 18.8. The Hall–Kier alpha value is -2.60. The van der Waals surface area contributed by atoms with Gasteiger partial charge in [-0.05, 0) is 41.7 Å². The molecule has 134 valence electrons. The van der Waals surface area contributed by atoms with E-state index in [4.69, 9.17) is 0 Å². The molecule has 4 N–H and O–H groups in total. The molecule has 0 saturated carbocycles. The maximum absolute atomic E-state index is 13.5. The second kappa shape index (κ2) is 6.72. The average Bonchev–Trinajstić information content (AvgIpc) is 2.51. The van der Waals surface area contributed by atoms with E-state index in [0.29, 0.717) is 0 Å². The van der Waals surface area contributed by atoms with Crippen molar-refractivity contribution >= 4 is 5.97 Å². The molecule has 1 atom stereocenters. The Bertz CT molecular complexity index is 787. The highest BCUT2D eigenvalue weighted by atomic mass is 19.1. The monoisotopic (exact) mass is 348 g/mol. The molecule has 0 heterocycles. The molecule has 2 aromatic carbocycles. The van der Waals surface area contributed by atoms with E-state index in [-0.39, 0.29) is 35.5 Å². The van der Waals surface area contributed by atoms with Gasteiger partial charge in [0.2, 0.25) is 0 Å². The molecular formula is C19H21FO5. The first-order valence-corrected chi connectivity index (χ1v) is 7.77. The summed E-state index contributed by atoms with van der Waals surface area (Å²) in [7, 11) is 0. The van der Waals surface area contributed by atoms with E-state index < -0.39 is 22.8 Å². The van der Waals surface area contributed by atoms with Gasteiger partial charge in [-0.25, -0.2) is 9.18 Å². The summed E-state index contributed by atoms with van der Waals surface area (Å²) in [5.74, 6) is -2.32. The normalized spacial score (nSPS) is 14.1. The van der Waals surface area contributed by atoms with E-state index in [1.807, 2.05) is 0 Å². The third kappa shape index (κ3) is 4.09. The minimum Gasteiger partial charge on any atom is -0.508 e. The van der Waals surface area contributed by atoms with Crippen LogP contribution in [0, 0.1) is 5.82 Å². The van der Waals surface area contributed by atoms with Gasteiger partial charge in [0.1, 0.15) is 17.3 Å². The number of phenols is 2. The van der Waals surface area contributed by atoms with Gasteiger partial charge in [-0.15, -0.1) is 0 Å². The number of hydrogen-bond acceptors (Lipinski definition) is 4. The quantitative estimate of drug-likeness (QED) is 0.643. The van der Waals surface area contributed by atoms with Gasteiger partial charge in [0.05, 0.1) is 0 Å². The van der Waals surface area contributed by atoms with Crippen molar-refractivity contribution in [2.45, 2.75) is 37.7 Å². The van der Waals surface area contributed by atoms with Crippen molar-refractivity contribution in [1.29, 1.82) is 0 Å². The van der Waals surface area contributed by atoms with Gasteiger partial charge in [-0.2, -0.15) is 0 Å². The van der Waals surface area contributed by atoms with Crippen LogP contribution < -0.4 is 0 Å². The fourth-order valence-corrected chi connectivity index (χ4v) is 3.07. The molecule has 0 aliphatic carbocycles. The van der Waals surface area contributed by atoms with Gasteiger partial charge < -0.3 is 20.4 Å². The van der Waals surface area contributed by atoms with Gasteiger partial charge >= 0.3 is 5.97 Å². The molecule has 0 fully saturated rings. The third-order valence-electron chi connectivity index (χ3n) is 4.29. The predicted molar refractivity (Wildman–Crippen MR) is 90.1 cm³/mol. The number of carboxylic acid groups (broad SMARTS) is 1. The summed E-state index contributed by atoms with van der Waals surface area (Å²) in [6.45, 7) is 3.22. The van der Waals surface area contributed by atoms with E-state index in [2.05, 4.69) is 0 Å². The van der Waals surface area contributed by atoms with Crippen LogP contribution in [0.5, 0.6) is 11.5 Å². The lowest BCUT2D eigenvalue weighted by Crippen LogP contribution is -2.45. The van der Waals surface area contributed by atoms with Crippen LogP contribution in [0.25, 0.3) is 0 Å². The van der Waals surface area contributed by atoms with Crippen molar-refractivity contribution in [3.8, 4) is 11.5 Å². The summed E-state index contributed by atoms with van der Waals surface area (Å²) >= 11 is 0. The fourth-order valence-electron chi connectivity index (χ4n) is 3.07. The summed E-state index contributed by atoms with van der Waals surface area (Å²) in [6.07, 6.45) is -0.616. The molecular weight excluding hydrogens is 327 g/mol. The lowest BCUT2D eigenvalue weighted by atomic mass is 9.73. The van der Waals surface area contributed by atoms with Gasteiger partial charge in [0.15, 0.2) is 5.60 Å². The lowest BCUT2D eigenvalue weighted by molar-refractivity contribution is -0.160. The molecule has 0 spiro atoms. The molecule has 0 aromatic heterocycles. The highest BCUT2D eigenvalue weighted by Crippen LogP contribution is 2.39. The number of carbonyl (C=O) groups is 1. The number of halogens is 1. The standard InChI is InChI=1S/C19H21FO5/c1-18(2,14-9-13(20)7-8-16(14)22)11-19(25,17(23)24)10-12-5-3-4-6-15(12)21/h3-9,21-22,25H,10-11H2,1-2H3,(H,23,24). The molecule has 0 saturated heterocycles. The van der Waals surface area contributed by atoms with Crippen LogP contribution in [-0.2, 0) is 16.6 Å². The molecule has 25 heavy (non-hydrogen) atoms. The van der Waals surface area contributed by atoms with Gasteiger partial charge in [-0.1, -0.05) is 32.0 Å². The van der Waals surface area contributed by atoms with Crippen molar-refractivity contribution in [3.63, 3.8) is 0 Å². The minimum atomic E-state index is -2.21. The number of aromatic hydroxyl groups is 2. The van der Waals surface area contributed by atoms with Crippen molar-refractivity contribution in [2.75, 3.05) is 0 Å². The highest BCUT2D eigenvalue weighted by Gasteiger charge is 2.43. The molecule has 2 aromatic rings. The maximum Gasteiger partial charge on any atom is 0.336 e. The van der Waals surface area contributed by atoms with Crippen molar-refractivity contribution < 1.29 is 29.6 Å². The molecule has 5 nitrogen and oxygen atoms in total. The highest BCUT2D eigenvalue weighted by molar-refractivity contribution is 5.78. The van der Waals surface area contributed by atoms with Gasteiger partial charge in [-0.3, -0.25) is 0 Å². The van der Waals surface area contributed by atoms with E-state index in [9.17, 15) is 29.6 Å². The number of hydrogen-bond donors (Lipinski definition) is 4. The number of aliphatic carboxylic acids is 1. The number of carboxylic acids is 1. The molecule has 0 bridgehead atoms. The Balaban J connectivity index is 2.39. The first kappa shape index (κ1) is 18.7. The second-order valence-electron chi connectivity index (χ2n) is 6.86. The van der Waals surface area contributed by atoms with Crippen LogP contribution >= 0.6 is 0 Å². The van der Waals surface area contributed by atoms with E-state index in [1.54, 1.807) is 26.0 Å². The van der Waals surface area contributed by atoms with Gasteiger partial charge in [0.25, 0.3) is 0 Å². The lowest BCUT2D eigenvalue weighted by Gasteiger charge is -2.34. The largest absolute Gasteiger partial charge is 0.508 e. The van der Waals surface area contributed by atoms with Crippen LogP contribution in [0.2, 0.25) is 0 Å². The van der Waals surface area contributed by atoms with Crippen molar-refractivity contribution in [3.05, 3.63) is 59.4 Å². The SMILES string of the molecule is CC(C)(CC(O)(Cc1ccccc1O)C(=O)O)c1cc(F)ccc1O. The minimum absolute atomic E-state index is 0.117. The summed E-state index contributed by atoms with van der Waals surface area (Å²) in [6, 6.07) is 9.55. The molecule has 0 amide bonds. The van der Waals surface area contributed by atoms with E-state index >= 15 is 0 Å². The van der Waals surface area contributed by atoms with Crippen molar-refractivity contribution in [2.24, 2.45) is 0 Å². The predicted octanol–water partition coefficient (Wildman–Crippen LogP) is 2.96. The summed E-state index contributed by atoms with van der Waals surface area (Å²) < 4.78 is 13.5. The smallest absolute Gasteiger partial charge is 0.336 e. The second-order valence-corrected chi connectivity index (χ2v) is 6.86. The molecule has 6 heteroatoms. The molecule has 0 radical (unpaired) electrons. The van der Waals surface area contributed by atoms with E-state index in [0.717, 1.165) is 12.1 Å². The Kier molecular flexibility index (Phi) is 5.04. The zero-order valence-electron chi connectivity index (χ0n) is 14.0. The van der Waals surface area contributed by atoms with E-state index in [1.165, 1.54) is 18.2 Å². The summed E-state index contributed by atoms with van der Waals surface area (Å²) in [5, 5.41) is 40.2. The summed E-state index contributed by atoms with van der Waals surface area (Å²) in [4.78, 5) is 11.7. The van der Waals surface area contributed by atoms with Crippen LogP contribution in [-0.4, -0.2) is 32.0 Å². The number of aliphatic hydroxyl groups is 1. The van der Waals surface area contributed by atoms with Gasteiger partial charge in [0, 0.05) is 12.0 Å². The number of benzene rings is 2. The number of para-hydroxylation sites is 1. The van der Waals surface area contributed by atoms with Crippen LogP contribution in [0.15, 0.2) is 42.5 Å². The molecule has 0 aliphatic heterocycles. The molecule has 2 rings (SSSR count). The van der Waals surface area contributed by atoms with Crippen LogP contribution in [0.1, 0.15) is 31.4 Å². The Morgan fingerprint density at radius 2 is 1.72 bits per heavy atom. The Morgan fingerprint density at radius 1 is 1.08 bits per heavy atom. The first-order chi connectivity index (χ1) is 11.5. The summed E-state index contributed by atoms with van der Waals surface area (Å²) in [5.41, 5.74) is -2.76. The number of phenolic OH excluding ortho intramolecular Hbond substituents is 2. The Labute approximate surface area is 145 Å². The third-order valence-corrected chi connectivity index (χ3v) is 4.29. The zero-order valence-corrected chi connectivity index (χ0v) is 14.0. The maximum atomic E-state index is 13.5. The first-order valence-electron chi connectivity index (χ1n) is 7.77. The topological polar surface area (TPSA) is 98.0 Å². The number of rotatable bonds is 6. The fraction of sp³-hybridized carbons (Fsp3) is 0.316. The van der Waals surface area contributed by atoms with Crippen LogP contribution in [0.3, 0.4) is 0 Å². The van der Waals surface area contributed by atoms with Crippen molar-refractivity contribution in [1.82, 2.24) is 0 Å². The Morgan fingerprint density at radius 3 is 2.32 bits per heavy atom. The molecule has 1 unspecified atom stereocenters. The average molecular weight is 348 g/mol.